The second-order valence-electron chi connectivity index (χ2n) is 4.14. The van der Waals surface area contributed by atoms with Gasteiger partial charge in [-0.15, -0.1) is 0 Å². The summed E-state index contributed by atoms with van der Waals surface area (Å²) in [6, 6.07) is 0. The molecule has 0 atom stereocenters. The molecule has 1 aliphatic rings. The van der Waals surface area contributed by atoms with Gasteiger partial charge in [-0.3, -0.25) is 4.79 Å². The Balaban J connectivity index is 2.03. The molecule has 0 aliphatic heterocycles. The topological polar surface area (TPSA) is 85.2 Å². The van der Waals surface area contributed by atoms with Gasteiger partial charge in [0.1, 0.15) is 0 Å². The second-order valence-corrected chi connectivity index (χ2v) is 4.14. The van der Waals surface area contributed by atoms with Crippen LogP contribution in [0.25, 0.3) is 0 Å². The van der Waals surface area contributed by atoms with Crippen LogP contribution < -0.4 is 5.73 Å². The Morgan fingerprint density at radius 2 is 2.31 bits per heavy atom. The Morgan fingerprint density at radius 3 is 2.75 bits per heavy atom. The molecule has 6 nitrogen and oxygen atoms in total. The molecule has 88 valence electrons. The molecule has 1 aromatic heterocycles. The fourth-order valence-corrected chi connectivity index (χ4v) is 1.84. The zero-order chi connectivity index (χ0) is 11.5. The lowest BCUT2D eigenvalue weighted by Gasteiger charge is -2.31. The van der Waals surface area contributed by atoms with Crippen LogP contribution in [0, 0.1) is 5.92 Å². The van der Waals surface area contributed by atoms with Crippen molar-refractivity contribution in [2.45, 2.75) is 26.2 Å². The number of carbonyl (C=O) groups excluding carboxylic acids is 1. The maximum Gasteiger partial charge on any atom is 0.280 e. The van der Waals surface area contributed by atoms with E-state index in [-0.39, 0.29) is 17.4 Å². The fraction of sp³-hybridized carbons (Fsp3) is 0.700. The summed E-state index contributed by atoms with van der Waals surface area (Å²) >= 11 is 0. The van der Waals surface area contributed by atoms with Gasteiger partial charge in [0.15, 0.2) is 0 Å². The number of rotatable bonds is 4. The van der Waals surface area contributed by atoms with Crippen molar-refractivity contribution in [2.75, 3.05) is 18.8 Å². The van der Waals surface area contributed by atoms with E-state index in [1.54, 1.807) is 4.90 Å². The Labute approximate surface area is 93.7 Å². The van der Waals surface area contributed by atoms with Gasteiger partial charge in [-0.1, -0.05) is 6.42 Å². The molecule has 16 heavy (non-hydrogen) atoms. The third-order valence-electron chi connectivity index (χ3n) is 3.09. The molecule has 0 saturated heterocycles. The molecular weight excluding hydrogens is 208 g/mol. The summed E-state index contributed by atoms with van der Waals surface area (Å²) in [6.45, 7) is 3.38. The standard InChI is InChI=1S/C10H16N4O2/c1-2-14(6-7-4-3-5-7)10(15)8-9(11)13-16-12-8/h7H,2-6H2,1H3,(H2,11,13). The predicted octanol–water partition coefficient (Wildman–Crippen LogP) is 0.914. The number of nitrogens with zero attached hydrogens (tertiary/aromatic N) is 3. The number of hydrogen-bond acceptors (Lipinski definition) is 5. The van der Waals surface area contributed by atoms with Gasteiger partial charge < -0.3 is 10.6 Å². The lowest BCUT2D eigenvalue weighted by Crippen LogP contribution is -2.37. The van der Waals surface area contributed by atoms with Crippen molar-refractivity contribution in [1.29, 1.82) is 0 Å². The molecule has 1 heterocycles. The average molecular weight is 224 g/mol. The number of nitrogens with two attached hydrogens (primary N) is 1. The quantitative estimate of drug-likeness (QED) is 0.821. The molecule has 1 saturated carbocycles. The molecule has 2 N–H and O–H groups in total. The number of amides is 1. The normalized spacial score (nSPS) is 15.8. The molecule has 0 radical (unpaired) electrons. The lowest BCUT2D eigenvalue weighted by atomic mass is 9.85. The number of nitrogen functional groups attached to an aromatic ring is 1. The molecular formula is C10H16N4O2. The van der Waals surface area contributed by atoms with E-state index in [0.717, 1.165) is 6.54 Å². The van der Waals surface area contributed by atoms with Crippen molar-refractivity contribution in [3.05, 3.63) is 5.69 Å². The summed E-state index contributed by atoms with van der Waals surface area (Å²) in [4.78, 5) is 13.8. The first-order valence-corrected chi connectivity index (χ1v) is 5.59. The summed E-state index contributed by atoms with van der Waals surface area (Å²) in [7, 11) is 0. The van der Waals surface area contributed by atoms with Gasteiger partial charge >= 0.3 is 0 Å². The minimum absolute atomic E-state index is 0.0667. The van der Waals surface area contributed by atoms with Gasteiger partial charge in [0, 0.05) is 13.1 Å². The highest BCUT2D eigenvalue weighted by molar-refractivity contribution is 5.96. The summed E-state index contributed by atoms with van der Waals surface area (Å²) in [5, 5.41) is 6.95. The second kappa shape index (κ2) is 4.51. The fourth-order valence-electron chi connectivity index (χ4n) is 1.84. The summed E-state index contributed by atoms with van der Waals surface area (Å²) in [6.07, 6.45) is 3.68. The van der Waals surface area contributed by atoms with E-state index in [1.807, 2.05) is 6.92 Å². The highest BCUT2D eigenvalue weighted by Gasteiger charge is 2.26. The third-order valence-corrected chi connectivity index (χ3v) is 3.09. The van der Waals surface area contributed by atoms with Crippen LogP contribution >= 0.6 is 0 Å². The number of hydrogen-bond donors (Lipinski definition) is 1. The van der Waals surface area contributed by atoms with Crippen LogP contribution in [0.1, 0.15) is 36.7 Å². The smallest absolute Gasteiger partial charge is 0.280 e. The average Bonchev–Trinajstić information content (AvgIpc) is 2.62. The lowest BCUT2D eigenvalue weighted by molar-refractivity contribution is 0.0696. The molecule has 0 unspecified atom stereocenters. The highest BCUT2D eigenvalue weighted by Crippen LogP contribution is 2.27. The Morgan fingerprint density at radius 1 is 1.56 bits per heavy atom. The monoisotopic (exact) mass is 224 g/mol. The first-order chi connectivity index (χ1) is 7.72. The van der Waals surface area contributed by atoms with Crippen LogP contribution in [-0.4, -0.2) is 34.2 Å². The maximum atomic E-state index is 12.0. The van der Waals surface area contributed by atoms with E-state index in [1.165, 1.54) is 19.3 Å². The molecule has 0 aromatic carbocycles. The van der Waals surface area contributed by atoms with Gasteiger partial charge in [-0.25, -0.2) is 4.63 Å². The van der Waals surface area contributed by atoms with Gasteiger partial charge in [0.05, 0.1) is 0 Å². The summed E-state index contributed by atoms with van der Waals surface area (Å²) < 4.78 is 4.43. The minimum atomic E-state index is -0.187. The molecule has 0 spiro atoms. The van der Waals surface area contributed by atoms with Gasteiger partial charge in [0.25, 0.3) is 5.91 Å². The van der Waals surface area contributed by atoms with E-state index in [2.05, 4.69) is 14.9 Å². The van der Waals surface area contributed by atoms with Crippen molar-refractivity contribution < 1.29 is 9.42 Å². The summed E-state index contributed by atoms with van der Waals surface area (Å²) in [5.41, 5.74) is 5.62. The van der Waals surface area contributed by atoms with Gasteiger partial charge in [0.2, 0.25) is 11.5 Å². The van der Waals surface area contributed by atoms with Crippen molar-refractivity contribution >= 4 is 11.7 Å². The van der Waals surface area contributed by atoms with Crippen molar-refractivity contribution in [3.8, 4) is 0 Å². The first-order valence-electron chi connectivity index (χ1n) is 5.59. The van der Waals surface area contributed by atoms with E-state index >= 15 is 0 Å². The van der Waals surface area contributed by atoms with Crippen LogP contribution in [0.5, 0.6) is 0 Å². The third kappa shape index (κ3) is 2.00. The summed E-state index contributed by atoms with van der Waals surface area (Å²) in [5.74, 6) is 0.509. The maximum absolute atomic E-state index is 12.0. The van der Waals surface area contributed by atoms with Crippen molar-refractivity contribution in [2.24, 2.45) is 5.92 Å². The van der Waals surface area contributed by atoms with E-state index in [9.17, 15) is 4.79 Å². The highest BCUT2D eigenvalue weighted by atomic mass is 16.6. The van der Waals surface area contributed by atoms with Crippen molar-refractivity contribution in [1.82, 2.24) is 15.2 Å². The number of aromatic nitrogens is 2. The first kappa shape index (κ1) is 10.9. The van der Waals surface area contributed by atoms with Crippen LogP contribution in [0.2, 0.25) is 0 Å². The van der Waals surface area contributed by atoms with Gasteiger partial charge in [-0.2, -0.15) is 0 Å². The van der Waals surface area contributed by atoms with Crippen molar-refractivity contribution in [3.63, 3.8) is 0 Å². The number of carbonyl (C=O) groups is 1. The predicted molar refractivity (Wildman–Crippen MR) is 57.6 cm³/mol. The zero-order valence-electron chi connectivity index (χ0n) is 9.35. The minimum Gasteiger partial charge on any atom is -0.379 e. The Hall–Kier alpha value is -1.59. The van der Waals surface area contributed by atoms with Gasteiger partial charge in [-0.05, 0) is 36.0 Å². The van der Waals surface area contributed by atoms with Crippen LogP contribution in [-0.2, 0) is 0 Å². The molecule has 1 aromatic rings. The molecule has 1 amide bonds. The molecule has 6 heteroatoms. The molecule has 1 fully saturated rings. The Kier molecular flexibility index (Phi) is 3.07. The van der Waals surface area contributed by atoms with Crippen LogP contribution in [0.3, 0.4) is 0 Å². The molecule has 2 rings (SSSR count). The number of anilines is 1. The Bertz CT molecular complexity index is 373. The van der Waals surface area contributed by atoms with E-state index in [4.69, 9.17) is 5.73 Å². The largest absolute Gasteiger partial charge is 0.379 e. The zero-order valence-corrected chi connectivity index (χ0v) is 9.35. The molecule has 1 aliphatic carbocycles. The molecule has 0 bridgehead atoms. The van der Waals surface area contributed by atoms with Crippen LogP contribution in [0.4, 0.5) is 5.82 Å². The van der Waals surface area contributed by atoms with E-state index in [0.29, 0.717) is 12.5 Å². The SMILES string of the molecule is CCN(CC1CCC1)C(=O)c1nonc1N. The van der Waals surface area contributed by atoms with Crippen LogP contribution in [0.15, 0.2) is 4.63 Å². The van der Waals surface area contributed by atoms with E-state index < -0.39 is 0 Å².